The Hall–Kier alpha value is -1.13. The predicted molar refractivity (Wildman–Crippen MR) is 77.5 cm³/mol. The van der Waals surface area contributed by atoms with Gasteiger partial charge in [-0.2, -0.15) is 0 Å². The van der Waals surface area contributed by atoms with Crippen molar-refractivity contribution in [1.29, 1.82) is 0 Å². The number of piperazine rings is 1. The normalized spacial score (nSPS) is 16.7. The molecule has 98 valence electrons. The molecule has 0 spiro atoms. The Morgan fingerprint density at radius 1 is 1.28 bits per heavy atom. The topological polar surface area (TPSA) is 16.9 Å². The summed E-state index contributed by atoms with van der Waals surface area (Å²) in [7, 11) is 1.68. The van der Waals surface area contributed by atoms with Crippen LogP contribution in [-0.4, -0.2) is 49.7 Å². The van der Waals surface area contributed by atoms with Crippen LogP contribution in [-0.2, 0) is 0 Å². The Balaban J connectivity index is 1.98. The number of likely N-dealkylation sites (N-methyl/N-ethyl adjacent to an activating group) is 1. The molecule has 1 aliphatic rings. The van der Waals surface area contributed by atoms with Gasteiger partial charge in [0.2, 0.25) is 0 Å². The van der Waals surface area contributed by atoms with Gasteiger partial charge in [0.1, 0.15) is 10.7 Å². The maximum Gasteiger partial charge on any atom is 0.118 e. The highest BCUT2D eigenvalue weighted by Gasteiger charge is 2.20. The van der Waals surface area contributed by atoms with Crippen LogP contribution in [0, 0.1) is 0 Å². The van der Waals surface area contributed by atoms with Gasteiger partial charge in [-0.25, -0.2) is 0 Å². The van der Waals surface area contributed by atoms with Gasteiger partial charge in [0, 0.05) is 5.56 Å². The molecule has 1 aliphatic heterocycles. The lowest BCUT2D eigenvalue weighted by atomic mass is 10.2. The van der Waals surface area contributed by atoms with Gasteiger partial charge in [-0.15, -0.1) is 0 Å². The average Bonchev–Trinajstić information content (AvgIpc) is 2.47. The molecule has 2 rings (SSSR count). The molecule has 0 aromatic heterocycles. The number of hydrogen-bond acceptors (Lipinski definition) is 2. The molecule has 1 aromatic rings. The monoisotopic (exact) mass is 265 g/mol. The fourth-order valence-corrected chi connectivity index (χ4v) is 2.61. The molecule has 1 heterocycles. The first-order chi connectivity index (χ1) is 8.74. The molecule has 0 aliphatic carbocycles. The van der Waals surface area contributed by atoms with Crippen molar-refractivity contribution < 1.29 is 9.64 Å². The fraction of sp³-hybridized carbons (Fsp3) is 0.500. The molecular weight excluding hydrogens is 244 g/mol. The van der Waals surface area contributed by atoms with Crippen LogP contribution in [0.3, 0.4) is 0 Å². The zero-order valence-electron chi connectivity index (χ0n) is 11.1. The number of quaternary nitrogens is 1. The van der Waals surface area contributed by atoms with E-state index in [2.05, 4.69) is 11.8 Å². The lowest BCUT2D eigenvalue weighted by Gasteiger charge is -2.33. The molecule has 0 atom stereocenters. The number of thiocarbonyl (C=S) groups is 1. The van der Waals surface area contributed by atoms with Crippen molar-refractivity contribution in [1.82, 2.24) is 4.90 Å². The second-order valence-corrected chi connectivity index (χ2v) is 5.01. The van der Waals surface area contributed by atoms with Crippen molar-refractivity contribution in [2.24, 2.45) is 0 Å². The highest BCUT2D eigenvalue weighted by Crippen LogP contribution is 2.13. The second kappa shape index (κ2) is 6.16. The second-order valence-electron chi connectivity index (χ2n) is 4.62. The molecule has 0 radical (unpaired) electrons. The maximum absolute atomic E-state index is 5.57. The van der Waals surface area contributed by atoms with E-state index in [0.29, 0.717) is 0 Å². The van der Waals surface area contributed by atoms with Crippen molar-refractivity contribution >= 4 is 17.2 Å². The molecule has 0 unspecified atom stereocenters. The summed E-state index contributed by atoms with van der Waals surface area (Å²) in [6.07, 6.45) is 0. The minimum Gasteiger partial charge on any atom is -0.497 e. The first kappa shape index (κ1) is 13.3. The number of nitrogens with one attached hydrogen (secondary N) is 1. The van der Waals surface area contributed by atoms with Crippen molar-refractivity contribution in [2.45, 2.75) is 6.92 Å². The summed E-state index contributed by atoms with van der Waals surface area (Å²) in [4.78, 5) is 4.95. The minimum atomic E-state index is 0.877. The lowest BCUT2D eigenvalue weighted by molar-refractivity contribution is -0.902. The maximum atomic E-state index is 5.57. The van der Waals surface area contributed by atoms with E-state index < -0.39 is 0 Å². The zero-order chi connectivity index (χ0) is 13.0. The van der Waals surface area contributed by atoms with E-state index in [1.54, 1.807) is 12.0 Å². The summed E-state index contributed by atoms with van der Waals surface area (Å²) in [5.41, 5.74) is 1.12. The molecule has 3 nitrogen and oxygen atoms in total. The van der Waals surface area contributed by atoms with Crippen molar-refractivity contribution in [3.8, 4) is 5.75 Å². The van der Waals surface area contributed by atoms with E-state index in [0.717, 1.165) is 29.4 Å². The lowest BCUT2D eigenvalue weighted by Crippen LogP contribution is -3.14. The smallest absolute Gasteiger partial charge is 0.118 e. The number of rotatable bonds is 3. The molecular formula is C14H21N2OS+. The molecule has 0 saturated carbocycles. The van der Waals surface area contributed by atoms with E-state index in [4.69, 9.17) is 17.0 Å². The molecule has 0 bridgehead atoms. The van der Waals surface area contributed by atoms with Gasteiger partial charge < -0.3 is 14.5 Å². The standard InChI is InChI=1S/C14H20N2OS/c1-3-15-8-10-16(11-9-15)14(18)12-4-6-13(17-2)7-5-12/h4-7H,3,8-11H2,1-2H3/p+1. The predicted octanol–water partition coefficient (Wildman–Crippen LogP) is 0.591. The summed E-state index contributed by atoms with van der Waals surface area (Å²) in [6, 6.07) is 8.02. The van der Waals surface area contributed by atoms with Crippen LogP contribution in [0.15, 0.2) is 24.3 Å². The van der Waals surface area contributed by atoms with Crippen molar-refractivity contribution in [3.63, 3.8) is 0 Å². The summed E-state index contributed by atoms with van der Waals surface area (Å²) < 4.78 is 5.16. The third kappa shape index (κ3) is 3.00. The van der Waals surface area contributed by atoms with Crippen LogP contribution in [0.1, 0.15) is 12.5 Å². The Kier molecular flexibility index (Phi) is 4.55. The molecule has 1 fully saturated rings. The van der Waals surface area contributed by atoms with E-state index in [9.17, 15) is 0 Å². The van der Waals surface area contributed by atoms with Crippen LogP contribution >= 0.6 is 12.2 Å². The van der Waals surface area contributed by atoms with Gasteiger partial charge in [0.15, 0.2) is 0 Å². The van der Waals surface area contributed by atoms with Crippen LogP contribution < -0.4 is 9.64 Å². The first-order valence-corrected chi connectivity index (χ1v) is 6.92. The molecule has 4 heteroatoms. The summed E-state index contributed by atoms with van der Waals surface area (Å²) in [6.45, 7) is 7.96. The average molecular weight is 265 g/mol. The number of benzene rings is 1. The largest absolute Gasteiger partial charge is 0.497 e. The van der Waals surface area contributed by atoms with Gasteiger partial charge >= 0.3 is 0 Å². The quantitative estimate of drug-likeness (QED) is 0.806. The first-order valence-electron chi connectivity index (χ1n) is 6.51. The fourth-order valence-electron chi connectivity index (χ4n) is 2.30. The zero-order valence-corrected chi connectivity index (χ0v) is 11.9. The Morgan fingerprint density at radius 2 is 1.89 bits per heavy atom. The number of methoxy groups -OCH3 is 1. The van der Waals surface area contributed by atoms with E-state index in [1.165, 1.54) is 19.6 Å². The van der Waals surface area contributed by atoms with E-state index >= 15 is 0 Å². The van der Waals surface area contributed by atoms with Gasteiger partial charge in [0.05, 0.1) is 39.8 Å². The Bertz CT molecular complexity index is 397. The molecule has 0 amide bonds. The third-order valence-electron chi connectivity index (χ3n) is 3.59. The Morgan fingerprint density at radius 3 is 2.39 bits per heavy atom. The van der Waals surface area contributed by atoms with Gasteiger partial charge in [0.25, 0.3) is 0 Å². The summed E-state index contributed by atoms with van der Waals surface area (Å²) in [5, 5.41) is 0. The van der Waals surface area contributed by atoms with Gasteiger partial charge in [-0.3, -0.25) is 0 Å². The molecule has 18 heavy (non-hydrogen) atoms. The molecule has 1 aromatic carbocycles. The van der Waals surface area contributed by atoms with Crippen LogP contribution in [0.2, 0.25) is 0 Å². The van der Waals surface area contributed by atoms with Crippen LogP contribution in [0.25, 0.3) is 0 Å². The molecule has 1 saturated heterocycles. The number of nitrogens with zero attached hydrogens (tertiary/aromatic N) is 1. The highest BCUT2D eigenvalue weighted by molar-refractivity contribution is 7.80. The van der Waals surface area contributed by atoms with Crippen molar-refractivity contribution in [2.75, 3.05) is 39.8 Å². The van der Waals surface area contributed by atoms with Gasteiger partial charge in [-0.05, 0) is 31.2 Å². The van der Waals surface area contributed by atoms with Crippen LogP contribution in [0.5, 0.6) is 5.75 Å². The van der Waals surface area contributed by atoms with E-state index in [1.807, 2.05) is 24.3 Å². The molecule has 1 N–H and O–H groups in total. The summed E-state index contributed by atoms with van der Waals surface area (Å²) in [5.74, 6) is 0.877. The third-order valence-corrected chi connectivity index (χ3v) is 4.09. The summed E-state index contributed by atoms with van der Waals surface area (Å²) >= 11 is 5.57. The SMILES string of the molecule is CC[NH+]1CCN(C(=S)c2ccc(OC)cc2)CC1. The van der Waals surface area contributed by atoms with E-state index in [-0.39, 0.29) is 0 Å². The number of ether oxygens (including phenoxy) is 1. The highest BCUT2D eigenvalue weighted by atomic mass is 32.1. The van der Waals surface area contributed by atoms with Crippen LogP contribution in [0.4, 0.5) is 0 Å². The van der Waals surface area contributed by atoms with Crippen molar-refractivity contribution in [3.05, 3.63) is 29.8 Å². The Labute approximate surface area is 114 Å². The van der Waals surface area contributed by atoms with Gasteiger partial charge in [-0.1, -0.05) is 12.2 Å². The number of hydrogen-bond donors (Lipinski definition) is 1. The minimum absolute atomic E-state index is 0.877.